The molecule has 1 rings (SSSR count). The molecule has 1 aromatic rings. The molecule has 0 saturated heterocycles. The van der Waals surface area contributed by atoms with Crippen molar-refractivity contribution in [3.63, 3.8) is 0 Å². The molecule has 0 unspecified atom stereocenters. The van der Waals surface area contributed by atoms with Gasteiger partial charge in [0.1, 0.15) is 6.54 Å². The zero-order valence-electron chi connectivity index (χ0n) is 19.8. The minimum Gasteiger partial charge on any atom is -0.418 e. The topological polar surface area (TPSA) is 4.44 Å². The normalized spacial score (nSPS) is 11.3. The predicted molar refractivity (Wildman–Crippen MR) is 128 cm³/mol. The van der Waals surface area contributed by atoms with Gasteiger partial charge >= 0.3 is 7.25 Å². The largest absolute Gasteiger partial charge is 0.673 e. The van der Waals surface area contributed by atoms with Gasteiger partial charge in [0.25, 0.3) is 0 Å². The second-order valence-electron chi connectivity index (χ2n) is 8.43. The van der Waals surface area contributed by atoms with Crippen molar-refractivity contribution in [3.8, 4) is 0 Å². The van der Waals surface area contributed by atoms with Gasteiger partial charge in [0, 0.05) is 5.57 Å². The zero-order chi connectivity index (χ0) is 23.4. The number of quaternary nitrogens is 1. The van der Waals surface area contributed by atoms with Crippen LogP contribution in [0.2, 0.25) is 0 Å². The molecule has 1 aromatic carbocycles. The van der Waals surface area contributed by atoms with Crippen molar-refractivity contribution in [2.24, 2.45) is 0 Å². The quantitative estimate of drug-likeness (QED) is 0.143. The van der Waals surface area contributed by atoms with Gasteiger partial charge in [0.15, 0.2) is 0 Å². The summed E-state index contributed by atoms with van der Waals surface area (Å²) in [5.41, 5.74) is 2.62. The van der Waals surface area contributed by atoms with Crippen LogP contribution in [0.5, 0.6) is 0 Å². The monoisotopic (exact) mass is 445 g/mol. The lowest BCUT2D eigenvalue weighted by Crippen LogP contribution is -3.12. The van der Waals surface area contributed by atoms with Crippen LogP contribution in [-0.2, 0) is 0 Å². The van der Waals surface area contributed by atoms with Crippen LogP contribution in [0.1, 0.15) is 96.5 Å². The van der Waals surface area contributed by atoms with Crippen LogP contribution in [0.25, 0.3) is 5.57 Å². The highest BCUT2D eigenvalue weighted by Crippen LogP contribution is 2.10. The number of unbranched alkanes of at least 4 members (excludes halogenated alkanes) is 10. The third kappa shape index (κ3) is 21.7. The molecule has 6 heteroatoms. The second-order valence-corrected chi connectivity index (χ2v) is 8.43. The molecule has 0 aromatic heterocycles. The molecular weight excluding hydrogens is 401 g/mol. The molecule has 0 fully saturated rings. The van der Waals surface area contributed by atoms with E-state index in [9.17, 15) is 17.3 Å². The van der Waals surface area contributed by atoms with Crippen LogP contribution in [0.3, 0.4) is 0 Å². The van der Waals surface area contributed by atoms with E-state index in [2.05, 4.69) is 50.8 Å². The van der Waals surface area contributed by atoms with Gasteiger partial charge in [0.2, 0.25) is 0 Å². The van der Waals surface area contributed by atoms with Crippen LogP contribution < -0.4 is 4.90 Å². The van der Waals surface area contributed by atoms with Crippen molar-refractivity contribution >= 4 is 12.8 Å². The summed E-state index contributed by atoms with van der Waals surface area (Å²) in [5.74, 6) is 0. The third-order valence-electron chi connectivity index (χ3n) is 5.41. The Morgan fingerprint density at radius 1 is 0.710 bits per heavy atom. The van der Waals surface area contributed by atoms with Gasteiger partial charge in [-0.1, -0.05) is 102 Å². The predicted octanol–water partition coefficient (Wildman–Crippen LogP) is 7.61. The van der Waals surface area contributed by atoms with Gasteiger partial charge in [0.05, 0.1) is 13.1 Å². The van der Waals surface area contributed by atoms with Gasteiger partial charge in [-0.15, -0.1) is 0 Å². The smallest absolute Gasteiger partial charge is 0.418 e. The Bertz CT molecular complexity index is 512. The summed E-state index contributed by atoms with van der Waals surface area (Å²) in [7, 11) is -6.00. The Labute approximate surface area is 188 Å². The van der Waals surface area contributed by atoms with Gasteiger partial charge in [-0.05, 0) is 31.2 Å². The number of benzene rings is 1. The summed E-state index contributed by atoms with van der Waals surface area (Å²) in [6, 6.07) is 10.8. The molecule has 31 heavy (non-hydrogen) atoms. The first-order chi connectivity index (χ1) is 14.8. The van der Waals surface area contributed by atoms with Crippen molar-refractivity contribution < 1.29 is 22.2 Å². The molecule has 0 aliphatic rings. The maximum Gasteiger partial charge on any atom is 0.673 e. The summed E-state index contributed by atoms with van der Waals surface area (Å²) in [5, 5.41) is 0. The molecule has 0 amide bonds. The first-order valence-electron chi connectivity index (χ1n) is 12.2. The van der Waals surface area contributed by atoms with Gasteiger partial charge in [-0.25, -0.2) is 0 Å². The van der Waals surface area contributed by atoms with Crippen molar-refractivity contribution in [1.29, 1.82) is 0 Å². The summed E-state index contributed by atoms with van der Waals surface area (Å²) in [6.45, 7) is 12.7. The molecule has 0 aliphatic carbocycles. The first kappa shape index (κ1) is 29.7. The molecule has 0 spiro atoms. The van der Waals surface area contributed by atoms with Crippen LogP contribution in [0.15, 0.2) is 36.9 Å². The van der Waals surface area contributed by atoms with E-state index in [1.165, 1.54) is 101 Å². The minimum absolute atomic E-state index is 1.11. The maximum atomic E-state index is 9.75. The van der Waals surface area contributed by atoms with Crippen LogP contribution in [-0.4, -0.2) is 26.9 Å². The van der Waals surface area contributed by atoms with E-state index in [4.69, 9.17) is 0 Å². The second kappa shape index (κ2) is 19.4. The average molecular weight is 445 g/mol. The summed E-state index contributed by atoms with van der Waals surface area (Å²) >= 11 is 0. The standard InChI is InChI=1S/C25H43N.BF4/c1-4-6-8-10-12-17-21-26(22-18-13-11-9-7-5-2)23-24(3)25-19-15-14-16-20-25;2-1(3,4)5/h14-16,19-20H,3-13,17-18,21-23H2,1-2H3;/q;-1/p+1. The molecule has 0 radical (unpaired) electrons. The molecule has 0 heterocycles. The van der Waals surface area contributed by atoms with Crippen molar-refractivity contribution in [2.45, 2.75) is 90.9 Å². The Kier molecular flexibility index (Phi) is 18.6. The van der Waals surface area contributed by atoms with E-state index in [-0.39, 0.29) is 0 Å². The lowest BCUT2D eigenvalue weighted by molar-refractivity contribution is -0.893. The molecule has 1 N–H and O–H groups in total. The Balaban J connectivity index is 0.00000161. The highest BCUT2D eigenvalue weighted by molar-refractivity contribution is 6.50. The van der Waals surface area contributed by atoms with E-state index >= 15 is 0 Å². The van der Waals surface area contributed by atoms with Gasteiger partial charge in [-0.2, -0.15) is 0 Å². The highest BCUT2D eigenvalue weighted by Gasteiger charge is 2.20. The lowest BCUT2D eigenvalue weighted by Gasteiger charge is -2.21. The number of halogens is 4. The third-order valence-corrected chi connectivity index (χ3v) is 5.41. The fraction of sp³-hybridized carbons (Fsp3) is 0.680. The first-order valence-corrected chi connectivity index (χ1v) is 12.2. The summed E-state index contributed by atoms with van der Waals surface area (Å²) in [6.07, 6.45) is 16.7. The van der Waals surface area contributed by atoms with E-state index in [0.29, 0.717) is 0 Å². The number of nitrogens with one attached hydrogen (secondary N) is 1. The molecule has 0 bridgehead atoms. The van der Waals surface area contributed by atoms with Crippen LogP contribution in [0.4, 0.5) is 17.3 Å². The molecule has 180 valence electrons. The highest BCUT2D eigenvalue weighted by atomic mass is 19.5. The fourth-order valence-electron chi connectivity index (χ4n) is 3.69. The zero-order valence-corrected chi connectivity index (χ0v) is 19.8. The van der Waals surface area contributed by atoms with Crippen molar-refractivity contribution in [1.82, 2.24) is 0 Å². The Morgan fingerprint density at radius 2 is 1.10 bits per heavy atom. The SMILES string of the molecule is C=C(C[NH+](CCCCCCCC)CCCCCCCC)c1ccccc1.F[B-](F)(F)F. The van der Waals surface area contributed by atoms with E-state index in [1.54, 1.807) is 4.90 Å². The van der Waals surface area contributed by atoms with Crippen molar-refractivity contribution in [3.05, 3.63) is 42.5 Å². The lowest BCUT2D eigenvalue weighted by atomic mass is 10.1. The molecule has 0 atom stereocenters. The van der Waals surface area contributed by atoms with Crippen LogP contribution in [0, 0.1) is 0 Å². The van der Waals surface area contributed by atoms with E-state index < -0.39 is 7.25 Å². The molecule has 0 saturated carbocycles. The number of hydrogen-bond acceptors (Lipinski definition) is 0. The fourth-order valence-corrected chi connectivity index (χ4v) is 3.69. The Hall–Kier alpha value is -1.30. The number of hydrogen-bond donors (Lipinski definition) is 1. The average Bonchev–Trinajstić information content (AvgIpc) is 2.72. The molecule has 0 aliphatic heterocycles. The summed E-state index contributed by atoms with van der Waals surface area (Å²) in [4.78, 5) is 1.74. The summed E-state index contributed by atoms with van der Waals surface area (Å²) < 4.78 is 39.0. The van der Waals surface area contributed by atoms with Crippen LogP contribution >= 0.6 is 0 Å². The molecule has 1 nitrogen and oxygen atoms in total. The van der Waals surface area contributed by atoms with E-state index in [0.717, 1.165) is 6.54 Å². The van der Waals surface area contributed by atoms with E-state index in [1.807, 2.05) is 0 Å². The molecular formula is C25H44BF4N. The van der Waals surface area contributed by atoms with Gasteiger partial charge in [-0.3, -0.25) is 0 Å². The van der Waals surface area contributed by atoms with Gasteiger partial charge < -0.3 is 22.2 Å². The maximum absolute atomic E-state index is 9.75. The van der Waals surface area contributed by atoms with Crippen molar-refractivity contribution in [2.75, 3.05) is 19.6 Å². The minimum atomic E-state index is -6.00. The Morgan fingerprint density at radius 3 is 1.52 bits per heavy atom. The number of rotatable bonds is 17.